The number of likely N-dealkylation sites (tertiary alicyclic amines) is 1. The molecule has 0 spiro atoms. The lowest BCUT2D eigenvalue weighted by molar-refractivity contribution is 0.187. The van der Waals surface area contributed by atoms with Crippen molar-refractivity contribution in [3.63, 3.8) is 0 Å². The second-order valence-electron chi connectivity index (χ2n) is 6.21. The molecule has 3 rings (SSSR count). The Morgan fingerprint density at radius 1 is 1.00 bits per heavy atom. The lowest BCUT2D eigenvalue weighted by Gasteiger charge is -2.29. The van der Waals surface area contributed by atoms with Gasteiger partial charge in [0.15, 0.2) is 0 Å². The predicted molar refractivity (Wildman–Crippen MR) is 67.6 cm³/mol. The standard InChI is InChI=1S/C14H26N2/c1-11(12-4-2-3-5-12)16-9-8-14(10-16)15-13-6-7-13/h11-15H,2-10H2,1H3. The smallest absolute Gasteiger partial charge is 0.0209 e. The normalized spacial score (nSPS) is 34.7. The summed E-state index contributed by atoms with van der Waals surface area (Å²) in [4.78, 5) is 2.75. The van der Waals surface area contributed by atoms with Gasteiger partial charge >= 0.3 is 0 Å². The fourth-order valence-corrected chi connectivity index (χ4v) is 3.61. The van der Waals surface area contributed by atoms with Crippen LogP contribution in [0.3, 0.4) is 0 Å². The number of hydrogen-bond acceptors (Lipinski definition) is 2. The molecule has 2 aliphatic carbocycles. The second kappa shape index (κ2) is 4.66. The van der Waals surface area contributed by atoms with Gasteiger partial charge in [-0.25, -0.2) is 0 Å². The van der Waals surface area contributed by atoms with Crippen LogP contribution in [0.1, 0.15) is 51.9 Å². The van der Waals surface area contributed by atoms with Crippen LogP contribution in [0, 0.1) is 5.92 Å². The number of nitrogens with one attached hydrogen (secondary N) is 1. The summed E-state index contributed by atoms with van der Waals surface area (Å²) in [6, 6.07) is 2.52. The summed E-state index contributed by atoms with van der Waals surface area (Å²) in [6.07, 6.45) is 10.2. The van der Waals surface area contributed by atoms with Crippen molar-refractivity contribution in [3.05, 3.63) is 0 Å². The van der Waals surface area contributed by atoms with Gasteiger partial charge in [-0.15, -0.1) is 0 Å². The van der Waals surface area contributed by atoms with Crippen molar-refractivity contribution in [1.82, 2.24) is 10.2 Å². The highest BCUT2D eigenvalue weighted by molar-refractivity contribution is 4.92. The van der Waals surface area contributed by atoms with Crippen molar-refractivity contribution < 1.29 is 0 Å². The molecule has 16 heavy (non-hydrogen) atoms. The molecule has 0 aromatic carbocycles. The van der Waals surface area contributed by atoms with Gasteiger partial charge in [0.1, 0.15) is 0 Å². The van der Waals surface area contributed by atoms with Crippen LogP contribution in [-0.4, -0.2) is 36.1 Å². The fourth-order valence-electron chi connectivity index (χ4n) is 3.61. The van der Waals surface area contributed by atoms with Gasteiger partial charge in [-0.05, 0) is 44.9 Å². The highest BCUT2D eigenvalue weighted by Crippen LogP contribution is 2.32. The van der Waals surface area contributed by atoms with E-state index in [9.17, 15) is 0 Å². The zero-order valence-electron chi connectivity index (χ0n) is 10.6. The van der Waals surface area contributed by atoms with Gasteiger partial charge in [0.2, 0.25) is 0 Å². The molecule has 2 unspecified atom stereocenters. The van der Waals surface area contributed by atoms with Crippen molar-refractivity contribution in [3.8, 4) is 0 Å². The molecule has 0 aromatic heterocycles. The summed E-state index contributed by atoms with van der Waals surface area (Å²) < 4.78 is 0. The first-order valence-corrected chi connectivity index (χ1v) is 7.33. The van der Waals surface area contributed by atoms with Crippen molar-refractivity contribution in [2.24, 2.45) is 5.92 Å². The average Bonchev–Trinajstić information content (AvgIpc) is 2.82. The molecular weight excluding hydrogens is 196 g/mol. The number of hydrogen-bond donors (Lipinski definition) is 1. The largest absolute Gasteiger partial charge is 0.310 e. The number of rotatable bonds is 4. The molecular formula is C14H26N2. The van der Waals surface area contributed by atoms with Gasteiger partial charge in [0.25, 0.3) is 0 Å². The van der Waals surface area contributed by atoms with Crippen LogP contribution in [-0.2, 0) is 0 Å². The molecule has 0 radical (unpaired) electrons. The van der Waals surface area contributed by atoms with Crippen LogP contribution in [0.4, 0.5) is 0 Å². The lowest BCUT2D eigenvalue weighted by atomic mass is 9.99. The summed E-state index contributed by atoms with van der Waals surface area (Å²) in [5.74, 6) is 1.000. The molecule has 92 valence electrons. The van der Waals surface area contributed by atoms with Crippen LogP contribution >= 0.6 is 0 Å². The third-order valence-electron chi connectivity index (χ3n) is 4.93. The molecule has 1 saturated heterocycles. The Morgan fingerprint density at radius 2 is 1.75 bits per heavy atom. The maximum Gasteiger partial charge on any atom is 0.0209 e. The van der Waals surface area contributed by atoms with E-state index >= 15 is 0 Å². The van der Waals surface area contributed by atoms with E-state index in [1.807, 2.05) is 0 Å². The van der Waals surface area contributed by atoms with E-state index < -0.39 is 0 Å². The third kappa shape index (κ3) is 2.43. The third-order valence-corrected chi connectivity index (χ3v) is 4.93. The van der Waals surface area contributed by atoms with Crippen molar-refractivity contribution >= 4 is 0 Å². The van der Waals surface area contributed by atoms with Crippen molar-refractivity contribution in [2.45, 2.75) is 70.0 Å². The summed E-state index contributed by atoms with van der Waals surface area (Å²) in [5, 5.41) is 3.79. The van der Waals surface area contributed by atoms with Crippen LogP contribution in [0.5, 0.6) is 0 Å². The molecule has 1 N–H and O–H groups in total. The summed E-state index contributed by atoms with van der Waals surface area (Å²) in [5.41, 5.74) is 0. The van der Waals surface area contributed by atoms with Crippen LogP contribution in [0.15, 0.2) is 0 Å². The Bertz CT molecular complexity index is 231. The molecule has 2 nitrogen and oxygen atoms in total. The molecule has 0 bridgehead atoms. The molecule has 0 amide bonds. The van der Waals surface area contributed by atoms with Gasteiger partial charge in [0.05, 0.1) is 0 Å². The van der Waals surface area contributed by atoms with E-state index in [1.165, 1.54) is 58.0 Å². The number of nitrogens with zero attached hydrogens (tertiary/aromatic N) is 1. The first kappa shape index (κ1) is 11.0. The Labute approximate surface area is 99.8 Å². The molecule has 2 saturated carbocycles. The first-order chi connectivity index (χ1) is 7.83. The van der Waals surface area contributed by atoms with Crippen molar-refractivity contribution in [2.75, 3.05) is 13.1 Å². The Morgan fingerprint density at radius 3 is 2.44 bits per heavy atom. The van der Waals surface area contributed by atoms with Gasteiger partial charge in [0, 0.05) is 31.2 Å². The minimum Gasteiger partial charge on any atom is -0.310 e. The quantitative estimate of drug-likeness (QED) is 0.786. The van der Waals surface area contributed by atoms with Crippen LogP contribution in [0.2, 0.25) is 0 Å². The Kier molecular flexibility index (Phi) is 3.21. The van der Waals surface area contributed by atoms with E-state index in [0.29, 0.717) is 0 Å². The minimum absolute atomic E-state index is 0.802. The maximum atomic E-state index is 3.79. The summed E-state index contributed by atoms with van der Waals surface area (Å²) >= 11 is 0. The van der Waals surface area contributed by atoms with E-state index in [-0.39, 0.29) is 0 Å². The zero-order valence-corrected chi connectivity index (χ0v) is 10.6. The topological polar surface area (TPSA) is 15.3 Å². The SMILES string of the molecule is CC(C1CCCC1)N1CCC(NC2CC2)C1. The summed E-state index contributed by atoms with van der Waals surface area (Å²) in [6.45, 7) is 5.12. The van der Waals surface area contributed by atoms with E-state index in [1.54, 1.807) is 0 Å². The highest BCUT2D eigenvalue weighted by Gasteiger charge is 2.33. The predicted octanol–water partition coefficient (Wildman–Crippen LogP) is 2.39. The maximum absolute atomic E-state index is 3.79. The van der Waals surface area contributed by atoms with Gasteiger partial charge < -0.3 is 5.32 Å². The molecule has 3 fully saturated rings. The Hall–Kier alpha value is -0.0800. The lowest BCUT2D eigenvalue weighted by Crippen LogP contribution is -2.39. The summed E-state index contributed by atoms with van der Waals surface area (Å²) in [7, 11) is 0. The molecule has 2 heteroatoms. The highest BCUT2D eigenvalue weighted by atomic mass is 15.2. The van der Waals surface area contributed by atoms with Crippen LogP contribution in [0.25, 0.3) is 0 Å². The first-order valence-electron chi connectivity index (χ1n) is 7.33. The second-order valence-corrected chi connectivity index (χ2v) is 6.21. The molecule has 1 heterocycles. The van der Waals surface area contributed by atoms with Gasteiger partial charge in [-0.2, -0.15) is 0 Å². The van der Waals surface area contributed by atoms with E-state index in [4.69, 9.17) is 0 Å². The molecule has 3 aliphatic rings. The minimum atomic E-state index is 0.802. The monoisotopic (exact) mass is 222 g/mol. The van der Waals surface area contributed by atoms with Gasteiger partial charge in [-0.1, -0.05) is 12.8 Å². The molecule has 0 aromatic rings. The van der Waals surface area contributed by atoms with Gasteiger partial charge in [-0.3, -0.25) is 4.90 Å². The van der Waals surface area contributed by atoms with E-state index in [0.717, 1.165) is 24.0 Å². The van der Waals surface area contributed by atoms with Crippen molar-refractivity contribution in [1.29, 1.82) is 0 Å². The molecule has 1 aliphatic heterocycles. The van der Waals surface area contributed by atoms with E-state index in [2.05, 4.69) is 17.1 Å². The van der Waals surface area contributed by atoms with Crippen LogP contribution < -0.4 is 5.32 Å². The fraction of sp³-hybridized carbons (Fsp3) is 1.00. The zero-order chi connectivity index (χ0) is 11.0. The average molecular weight is 222 g/mol. The Balaban J connectivity index is 1.47. The molecule has 2 atom stereocenters.